The van der Waals surface area contributed by atoms with Crippen LogP contribution in [-0.2, 0) is 14.3 Å². The SMILES string of the molecule is COc1ccccc1C(=O)COC(=O)c1ccc(N2C(=O)CC(Sc3ccccc3)C2=O)cc1. The monoisotopic (exact) mass is 475 g/mol. The van der Waals surface area contributed by atoms with E-state index in [2.05, 4.69) is 0 Å². The number of hydrogen-bond acceptors (Lipinski definition) is 7. The van der Waals surface area contributed by atoms with Gasteiger partial charge in [-0.25, -0.2) is 9.69 Å². The molecule has 1 fully saturated rings. The average Bonchev–Trinajstić information content (AvgIpc) is 3.15. The number of methoxy groups -OCH3 is 1. The lowest BCUT2D eigenvalue weighted by Gasteiger charge is -2.15. The van der Waals surface area contributed by atoms with E-state index in [0.717, 1.165) is 9.80 Å². The van der Waals surface area contributed by atoms with Crippen LogP contribution in [0.1, 0.15) is 27.1 Å². The fraction of sp³-hybridized carbons (Fsp3) is 0.154. The molecular weight excluding hydrogens is 454 g/mol. The van der Waals surface area contributed by atoms with E-state index >= 15 is 0 Å². The first kappa shape index (κ1) is 23.3. The summed E-state index contributed by atoms with van der Waals surface area (Å²) < 4.78 is 10.3. The molecule has 7 nitrogen and oxygen atoms in total. The first-order valence-corrected chi connectivity index (χ1v) is 11.4. The number of rotatable bonds is 8. The molecule has 1 atom stereocenters. The van der Waals surface area contributed by atoms with Crippen LogP contribution in [-0.4, -0.2) is 42.5 Å². The molecule has 34 heavy (non-hydrogen) atoms. The number of nitrogens with zero attached hydrogens (tertiary/aromatic N) is 1. The van der Waals surface area contributed by atoms with Crippen molar-refractivity contribution in [2.75, 3.05) is 18.6 Å². The van der Waals surface area contributed by atoms with Crippen molar-refractivity contribution in [2.24, 2.45) is 0 Å². The number of Topliss-reactive ketones (excluding diaryl/α,β-unsaturated/α-hetero) is 1. The van der Waals surface area contributed by atoms with Gasteiger partial charge in [-0.1, -0.05) is 30.3 Å². The minimum absolute atomic E-state index is 0.104. The van der Waals surface area contributed by atoms with E-state index in [0.29, 0.717) is 17.0 Å². The number of amides is 2. The summed E-state index contributed by atoms with van der Waals surface area (Å²) in [7, 11) is 1.46. The lowest BCUT2D eigenvalue weighted by Crippen LogP contribution is -2.31. The van der Waals surface area contributed by atoms with E-state index in [-0.39, 0.29) is 23.8 Å². The van der Waals surface area contributed by atoms with Crippen molar-refractivity contribution in [1.82, 2.24) is 0 Å². The normalized spacial score (nSPS) is 15.3. The maximum Gasteiger partial charge on any atom is 0.338 e. The van der Waals surface area contributed by atoms with Crippen LogP contribution in [0, 0.1) is 0 Å². The van der Waals surface area contributed by atoms with Crippen LogP contribution < -0.4 is 9.64 Å². The van der Waals surface area contributed by atoms with Crippen molar-refractivity contribution < 1.29 is 28.7 Å². The van der Waals surface area contributed by atoms with Gasteiger partial charge in [0, 0.05) is 11.3 Å². The van der Waals surface area contributed by atoms with E-state index in [1.807, 2.05) is 30.3 Å². The minimum atomic E-state index is -0.689. The first-order chi connectivity index (χ1) is 16.5. The Morgan fingerprint density at radius 1 is 0.941 bits per heavy atom. The molecular formula is C26H21NO6S. The van der Waals surface area contributed by atoms with Crippen LogP contribution >= 0.6 is 11.8 Å². The van der Waals surface area contributed by atoms with Crippen molar-refractivity contribution in [1.29, 1.82) is 0 Å². The van der Waals surface area contributed by atoms with Crippen LogP contribution in [0.4, 0.5) is 5.69 Å². The smallest absolute Gasteiger partial charge is 0.338 e. The average molecular weight is 476 g/mol. The highest BCUT2D eigenvalue weighted by Gasteiger charge is 2.40. The Kier molecular flexibility index (Phi) is 7.08. The second kappa shape index (κ2) is 10.4. The van der Waals surface area contributed by atoms with Gasteiger partial charge in [0.25, 0.3) is 0 Å². The van der Waals surface area contributed by atoms with Gasteiger partial charge in [0.2, 0.25) is 17.6 Å². The third kappa shape index (κ3) is 5.02. The van der Waals surface area contributed by atoms with E-state index in [4.69, 9.17) is 9.47 Å². The molecule has 0 aliphatic carbocycles. The second-order valence-electron chi connectivity index (χ2n) is 7.44. The highest BCUT2D eigenvalue weighted by atomic mass is 32.2. The van der Waals surface area contributed by atoms with Crippen LogP contribution in [0.3, 0.4) is 0 Å². The summed E-state index contributed by atoms with van der Waals surface area (Å²) in [6.07, 6.45) is 0.104. The quantitative estimate of drug-likeness (QED) is 0.275. The number of carbonyl (C=O) groups excluding carboxylic acids is 4. The molecule has 4 rings (SSSR count). The van der Waals surface area contributed by atoms with Gasteiger partial charge in [-0.3, -0.25) is 14.4 Å². The number of carbonyl (C=O) groups is 4. The lowest BCUT2D eigenvalue weighted by molar-refractivity contribution is -0.121. The summed E-state index contributed by atoms with van der Waals surface area (Å²) in [4.78, 5) is 52.2. The molecule has 0 spiro atoms. The Morgan fingerprint density at radius 2 is 1.62 bits per heavy atom. The van der Waals surface area contributed by atoms with E-state index in [1.165, 1.54) is 43.1 Å². The van der Waals surface area contributed by atoms with Gasteiger partial charge < -0.3 is 9.47 Å². The van der Waals surface area contributed by atoms with Gasteiger partial charge in [0.15, 0.2) is 6.61 Å². The Balaban J connectivity index is 1.38. The number of esters is 1. The highest BCUT2D eigenvalue weighted by molar-refractivity contribution is 8.00. The summed E-state index contributed by atoms with van der Waals surface area (Å²) >= 11 is 1.35. The molecule has 1 heterocycles. The molecule has 1 aliphatic heterocycles. The summed E-state index contributed by atoms with van der Waals surface area (Å²) in [6, 6.07) is 22.1. The summed E-state index contributed by atoms with van der Waals surface area (Å²) in [5.41, 5.74) is 0.904. The third-order valence-electron chi connectivity index (χ3n) is 5.23. The molecule has 1 saturated heterocycles. The van der Waals surface area contributed by atoms with Gasteiger partial charge >= 0.3 is 5.97 Å². The maximum atomic E-state index is 12.8. The number of ether oxygens (including phenoxy) is 2. The number of ketones is 1. The molecule has 1 aliphatic rings. The molecule has 0 bridgehead atoms. The number of para-hydroxylation sites is 1. The summed E-state index contributed by atoms with van der Waals surface area (Å²) in [6.45, 7) is -0.442. The second-order valence-corrected chi connectivity index (χ2v) is 8.71. The fourth-order valence-corrected chi connectivity index (χ4v) is 4.62. The van der Waals surface area contributed by atoms with Crippen molar-refractivity contribution in [2.45, 2.75) is 16.6 Å². The zero-order chi connectivity index (χ0) is 24.1. The van der Waals surface area contributed by atoms with E-state index in [1.54, 1.807) is 24.3 Å². The maximum absolute atomic E-state index is 12.8. The Bertz CT molecular complexity index is 1230. The minimum Gasteiger partial charge on any atom is -0.496 e. The lowest BCUT2D eigenvalue weighted by atomic mass is 10.1. The predicted molar refractivity (Wildman–Crippen MR) is 127 cm³/mol. The third-order valence-corrected chi connectivity index (χ3v) is 6.43. The predicted octanol–water partition coefficient (Wildman–Crippen LogP) is 4.16. The number of benzene rings is 3. The molecule has 3 aromatic rings. The van der Waals surface area contributed by atoms with E-state index in [9.17, 15) is 19.2 Å². The van der Waals surface area contributed by atoms with Gasteiger partial charge in [-0.05, 0) is 48.5 Å². The van der Waals surface area contributed by atoms with Crippen molar-refractivity contribution in [3.63, 3.8) is 0 Å². The number of hydrogen-bond donors (Lipinski definition) is 0. The van der Waals surface area contributed by atoms with Crippen LogP contribution in [0.15, 0.2) is 83.8 Å². The van der Waals surface area contributed by atoms with Crippen molar-refractivity contribution >= 4 is 41.0 Å². The molecule has 0 N–H and O–H groups in total. The molecule has 3 aromatic carbocycles. The number of imide groups is 1. The molecule has 172 valence electrons. The summed E-state index contributed by atoms with van der Waals surface area (Å²) in [5.74, 6) is -1.27. The largest absolute Gasteiger partial charge is 0.496 e. The molecule has 0 aromatic heterocycles. The van der Waals surface area contributed by atoms with Gasteiger partial charge in [0.05, 0.1) is 29.2 Å². The van der Waals surface area contributed by atoms with Gasteiger partial charge in [-0.15, -0.1) is 11.8 Å². The first-order valence-electron chi connectivity index (χ1n) is 10.5. The van der Waals surface area contributed by atoms with Crippen LogP contribution in [0.25, 0.3) is 0 Å². The molecule has 0 radical (unpaired) electrons. The molecule has 1 unspecified atom stereocenters. The number of anilines is 1. The fourth-order valence-electron chi connectivity index (χ4n) is 3.54. The topological polar surface area (TPSA) is 90.0 Å². The highest BCUT2D eigenvalue weighted by Crippen LogP contribution is 2.34. The van der Waals surface area contributed by atoms with Crippen molar-refractivity contribution in [3.8, 4) is 5.75 Å². The van der Waals surface area contributed by atoms with Gasteiger partial charge in [0.1, 0.15) is 5.75 Å². The Hall–Kier alpha value is -3.91. The van der Waals surface area contributed by atoms with Gasteiger partial charge in [-0.2, -0.15) is 0 Å². The van der Waals surface area contributed by atoms with Crippen LogP contribution in [0.5, 0.6) is 5.75 Å². The standard InChI is InChI=1S/C26H21NO6S/c1-32-22-10-6-5-9-20(22)21(28)16-33-26(31)17-11-13-18(14-12-17)27-24(29)15-23(25(27)30)34-19-7-3-2-4-8-19/h2-14,23H,15-16H2,1H3. The van der Waals surface area contributed by atoms with E-state index < -0.39 is 23.6 Å². The Labute approximate surface area is 200 Å². The Morgan fingerprint density at radius 3 is 2.32 bits per heavy atom. The molecule has 0 saturated carbocycles. The zero-order valence-electron chi connectivity index (χ0n) is 18.3. The molecule has 8 heteroatoms. The zero-order valence-corrected chi connectivity index (χ0v) is 19.1. The van der Waals surface area contributed by atoms with Crippen molar-refractivity contribution in [3.05, 3.63) is 90.0 Å². The summed E-state index contributed by atoms with van der Waals surface area (Å²) in [5, 5.41) is -0.500. The number of thioether (sulfide) groups is 1. The van der Waals surface area contributed by atoms with Crippen LogP contribution in [0.2, 0.25) is 0 Å². The molecule has 2 amide bonds.